The number of aromatic nitrogens is 2. The van der Waals surface area contributed by atoms with Crippen LogP contribution in [-0.2, 0) is 16.2 Å². The average molecular weight is 1260 g/mol. The molecule has 0 atom stereocenters. The van der Waals surface area contributed by atoms with Gasteiger partial charge in [-0.3, -0.25) is 0 Å². The standard InChI is InChI=1S/C97H70N2/c1-59-23-39-69(40-24-59)98-91-21-13-9-17-79(91)81-55-65(37-49-93(81)98)67-35-47-75-73-43-31-61(51-85(73)95(3,4)87(75)57-67)27-29-63-33-45-77-78-46-34-64(54-90(78)97(89(77)53-63)83-19-11-7-15-71(83)72-16-8-12-20-84(72)97)30-28-62-32-44-74-76-48-36-68(58-88(76)96(5,6)86(74)52-62)66-38-50-94-82(56-66)80-18-10-14-22-92(80)99(94)70-41-25-60(2)26-42-70/h7-58H,1-6H3/b29-27+,30-28+. The molecule has 0 saturated carbocycles. The van der Waals surface area contributed by atoms with E-state index < -0.39 is 5.41 Å². The maximum atomic E-state index is 2.49. The molecule has 2 heterocycles. The molecule has 4 aliphatic carbocycles. The van der Waals surface area contributed by atoms with Crippen molar-refractivity contribution in [2.24, 2.45) is 0 Å². The summed E-state index contributed by atoms with van der Waals surface area (Å²) in [6, 6.07) is 111. The van der Waals surface area contributed by atoms with Crippen molar-refractivity contribution in [2.75, 3.05) is 0 Å². The molecule has 2 nitrogen and oxygen atoms in total. The van der Waals surface area contributed by atoms with Gasteiger partial charge in [0.25, 0.3) is 0 Å². The number of aryl methyl sites for hydroxylation is 2. The summed E-state index contributed by atoms with van der Waals surface area (Å²) >= 11 is 0. The zero-order valence-corrected chi connectivity index (χ0v) is 56.4. The second-order valence-electron chi connectivity index (χ2n) is 29.3. The van der Waals surface area contributed by atoms with Crippen LogP contribution in [-0.4, -0.2) is 9.13 Å². The Morgan fingerprint density at radius 1 is 0.232 bits per heavy atom. The highest BCUT2D eigenvalue weighted by Gasteiger charge is 2.52. The van der Waals surface area contributed by atoms with Gasteiger partial charge in [0, 0.05) is 43.7 Å². The summed E-state index contributed by atoms with van der Waals surface area (Å²) in [4.78, 5) is 0. The number of benzene rings is 14. The summed E-state index contributed by atoms with van der Waals surface area (Å²) in [6.07, 6.45) is 9.32. The van der Waals surface area contributed by atoms with E-state index >= 15 is 0 Å². The van der Waals surface area contributed by atoms with Crippen molar-refractivity contribution in [2.45, 2.75) is 57.8 Å². The van der Waals surface area contributed by atoms with Crippen LogP contribution in [0.1, 0.15) is 106 Å². The fraction of sp³-hybridized carbons (Fsp3) is 0.0928. The highest BCUT2D eigenvalue weighted by Crippen LogP contribution is 2.63. The van der Waals surface area contributed by atoms with Gasteiger partial charge in [0.1, 0.15) is 0 Å². The smallest absolute Gasteiger partial charge is 0.0725 e. The molecular weight excluding hydrogens is 1190 g/mol. The molecule has 0 aliphatic heterocycles. The first kappa shape index (κ1) is 57.4. The van der Waals surface area contributed by atoms with Gasteiger partial charge in [0.2, 0.25) is 0 Å². The quantitative estimate of drug-likeness (QED) is 0.134. The Balaban J connectivity index is 0.602. The van der Waals surface area contributed by atoms with Crippen LogP contribution in [0.5, 0.6) is 0 Å². The molecule has 20 rings (SSSR count). The van der Waals surface area contributed by atoms with E-state index in [1.54, 1.807) is 0 Å². The van der Waals surface area contributed by atoms with E-state index in [1.807, 2.05) is 0 Å². The Morgan fingerprint density at radius 3 is 0.929 bits per heavy atom. The Kier molecular flexibility index (Phi) is 12.2. The predicted octanol–water partition coefficient (Wildman–Crippen LogP) is 25.1. The summed E-state index contributed by atoms with van der Waals surface area (Å²) in [5, 5.41) is 5.07. The van der Waals surface area contributed by atoms with Crippen LogP contribution in [0.4, 0.5) is 0 Å². The number of hydrogen-bond donors (Lipinski definition) is 0. The minimum absolute atomic E-state index is 0.193. The van der Waals surface area contributed by atoms with Crippen molar-refractivity contribution in [1.82, 2.24) is 9.13 Å². The normalized spacial score (nSPS) is 14.5. The van der Waals surface area contributed by atoms with E-state index in [1.165, 1.54) is 200 Å². The molecule has 0 radical (unpaired) electrons. The van der Waals surface area contributed by atoms with Crippen LogP contribution < -0.4 is 0 Å². The third-order valence-electron chi connectivity index (χ3n) is 23.1. The first-order valence-corrected chi connectivity index (χ1v) is 35.0. The van der Waals surface area contributed by atoms with Gasteiger partial charge < -0.3 is 9.13 Å². The highest BCUT2D eigenvalue weighted by atomic mass is 15.0. The molecule has 0 fully saturated rings. The molecule has 0 N–H and O–H groups in total. The first-order valence-electron chi connectivity index (χ1n) is 35.0. The molecule has 16 aromatic rings. The minimum atomic E-state index is -0.492. The number of nitrogens with zero attached hydrogens (tertiary/aromatic N) is 2. The Bertz CT molecular complexity index is 5850. The molecular formula is C97H70N2. The van der Waals surface area contributed by atoms with E-state index in [4.69, 9.17) is 0 Å². The lowest BCUT2D eigenvalue weighted by molar-refractivity contribution is 0.660. The Hall–Kier alpha value is -11.8. The summed E-state index contributed by atoms with van der Waals surface area (Å²) < 4.78 is 4.81. The molecule has 99 heavy (non-hydrogen) atoms. The van der Waals surface area contributed by atoms with Gasteiger partial charge in [-0.2, -0.15) is 0 Å². The molecule has 0 bridgehead atoms. The van der Waals surface area contributed by atoms with Gasteiger partial charge in [-0.05, 0) is 232 Å². The predicted molar refractivity (Wildman–Crippen MR) is 418 cm³/mol. The van der Waals surface area contributed by atoms with Crippen LogP contribution >= 0.6 is 0 Å². The van der Waals surface area contributed by atoms with Gasteiger partial charge >= 0.3 is 0 Å². The summed E-state index contributed by atoms with van der Waals surface area (Å²) in [6.45, 7) is 13.9. The van der Waals surface area contributed by atoms with Gasteiger partial charge in [-0.15, -0.1) is 0 Å². The fourth-order valence-electron chi connectivity index (χ4n) is 18.1. The second-order valence-corrected chi connectivity index (χ2v) is 29.3. The van der Waals surface area contributed by atoms with Crippen molar-refractivity contribution in [3.63, 3.8) is 0 Å². The fourth-order valence-corrected chi connectivity index (χ4v) is 18.1. The van der Waals surface area contributed by atoms with Crippen molar-refractivity contribution >= 4 is 67.9 Å². The monoisotopic (exact) mass is 1260 g/mol. The zero-order chi connectivity index (χ0) is 66.2. The summed E-state index contributed by atoms with van der Waals surface area (Å²) in [7, 11) is 0. The molecule has 4 aliphatic rings. The molecule has 1 spiro atoms. The SMILES string of the molecule is Cc1ccc(-n2c3ccccc3c3cc(-c4ccc5c(c4)C(C)(C)c4cc(/C=C/c6ccc7c(c6)C6(c8ccccc8-c8ccccc86)c6cc(/C=C/c8ccc9c(c8)C(C)(C)c8cc(-c%10ccc%11c(c%10)c%10ccccc%10n%11-c%10ccc(C)cc%10)ccc8-9)ccc6-7)ccc4-5)ccc32)cc1. The van der Waals surface area contributed by atoms with Crippen LogP contribution in [0.15, 0.2) is 291 Å². The Morgan fingerprint density at radius 2 is 0.525 bits per heavy atom. The van der Waals surface area contributed by atoms with E-state index in [0.717, 1.165) is 0 Å². The lowest BCUT2D eigenvalue weighted by atomic mass is 9.70. The van der Waals surface area contributed by atoms with E-state index in [2.05, 4.69) is 366 Å². The summed E-state index contributed by atoms with van der Waals surface area (Å²) in [5.41, 5.74) is 40.0. The van der Waals surface area contributed by atoms with E-state index in [-0.39, 0.29) is 10.8 Å². The van der Waals surface area contributed by atoms with Crippen LogP contribution in [0.2, 0.25) is 0 Å². The van der Waals surface area contributed by atoms with Crippen LogP contribution in [0.25, 0.3) is 146 Å². The molecule has 2 heteroatoms. The lowest BCUT2D eigenvalue weighted by Crippen LogP contribution is -2.26. The van der Waals surface area contributed by atoms with Crippen molar-refractivity contribution < 1.29 is 0 Å². The van der Waals surface area contributed by atoms with Crippen molar-refractivity contribution in [3.8, 4) is 78.1 Å². The van der Waals surface area contributed by atoms with Gasteiger partial charge in [-0.25, -0.2) is 0 Å². The van der Waals surface area contributed by atoms with Gasteiger partial charge in [0.05, 0.1) is 27.5 Å². The Labute approximate surface area is 578 Å². The third-order valence-corrected chi connectivity index (χ3v) is 23.1. The summed E-state index contributed by atoms with van der Waals surface area (Å²) in [5.74, 6) is 0. The topological polar surface area (TPSA) is 9.86 Å². The maximum Gasteiger partial charge on any atom is 0.0725 e. The van der Waals surface area contributed by atoms with Crippen molar-refractivity contribution in [1.29, 1.82) is 0 Å². The number of hydrogen-bond acceptors (Lipinski definition) is 0. The van der Waals surface area contributed by atoms with Crippen LogP contribution in [0, 0.1) is 13.8 Å². The molecule has 0 saturated heterocycles. The largest absolute Gasteiger partial charge is 0.309 e. The van der Waals surface area contributed by atoms with E-state index in [0.29, 0.717) is 0 Å². The highest BCUT2D eigenvalue weighted by molar-refractivity contribution is 6.12. The maximum absolute atomic E-state index is 2.49. The molecule has 468 valence electrons. The molecule has 14 aromatic carbocycles. The lowest BCUT2D eigenvalue weighted by Gasteiger charge is -2.30. The zero-order valence-electron chi connectivity index (χ0n) is 56.4. The third kappa shape index (κ3) is 8.36. The van der Waals surface area contributed by atoms with Crippen LogP contribution in [0.3, 0.4) is 0 Å². The van der Waals surface area contributed by atoms with Gasteiger partial charge in [0.15, 0.2) is 0 Å². The average Bonchev–Trinajstić information content (AvgIpc) is 1.51. The number of fused-ring (bicyclic) bond motifs is 22. The minimum Gasteiger partial charge on any atom is -0.309 e. The molecule has 2 aromatic heterocycles. The second kappa shape index (κ2) is 21.1. The molecule has 0 unspecified atom stereocenters. The first-order chi connectivity index (χ1) is 48.4. The number of para-hydroxylation sites is 2. The van der Waals surface area contributed by atoms with Crippen molar-refractivity contribution in [3.05, 3.63) is 369 Å². The van der Waals surface area contributed by atoms with E-state index in [9.17, 15) is 0 Å². The van der Waals surface area contributed by atoms with Gasteiger partial charge in [-0.1, -0.05) is 269 Å². The number of rotatable bonds is 8. The molecule has 0 amide bonds.